The molecule has 0 unspecified atom stereocenters. The lowest BCUT2D eigenvalue weighted by Crippen LogP contribution is -2.24. The molecule has 0 saturated heterocycles. The molecule has 0 saturated carbocycles. The molecule has 0 aliphatic carbocycles. The molecule has 1 heterocycles. The molecule has 10 heteroatoms. The Bertz CT molecular complexity index is 785. The summed E-state index contributed by atoms with van der Waals surface area (Å²) in [5.74, 6) is -0.826. The van der Waals surface area contributed by atoms with Gasteiger partial charge >= 0.3 is 0 Å². The van der Waals surface area contributed by atoms with E-state index in [-0.39, 0.29) is 17.9 Å². The number of non-ortho nitro benzene ring substituents is 1. The van der Waals surface area contributed by atoms with Crippen LogP contribution >= 0.6 is 0 Å². The Balaban J connectivity index is 1.85. The first-order valence-corrected chi connectivity index (χ1v) is 6.76. The van der Waals surface area contributed by atoms with E-state index in [1.54, 1.807) is 6.92 Å². The van der Waals surface area contributed by atoms with Crippen molar-refractivity contribution < 1.29 is 18.8 Å². The number of hydrogen-bond acceptors (Lipinski definition) is 6. The van der Waals surface area contributed by atoms with Crippen molar-refractivity contribution in [3.63, 3.8) is 0 Å². The molecule has 2 aromatic rings. The van der Waals surface area contributed by atoms with Crippen LogP contribution in [0.15, 0.2) is 29.4 Å². The van der Waals surface area contributed by atoms with Gasteiger partial charge in [0.15, 0.2) is 6.61 Å². The molecule has 1 amide bonds. The Kier molecular flexibility index (Phi) is 5.20. The highest BCUT2D eigenvalue weighted by Gasteiger charge is 2.10. The third kappa shape index (κ3) is 4.12. The van der Waals surface area contributed by atoms with E-state index in [0.29, 0.717) is 11.4 Å². The van der Waals surface area contributed by atoms with Gasteiger partial charge in [-0.3, -0.25) is 14.9 Å². The Morgan fingerprint density at radius 2 is 2.17 bits per heavy atom. The fourth-order valence-corrected chi connectivity index (χ4v) is 1.81. The molecule has 0 atom stereocenters. The molecule has 0 radical (unpaired) electrons. The zero-order valence-corrected chi connectivity index (χ0v) is 12.9. The summed E-state index contributed by atoms with van der Waals surface area (Å²) in [5, 5.41) is 18.0. The molecule has 2 rings (SSSR count). The van der Waals surface area contributed by atoms with Gasteiger partial charge in [0.1, 0.15) is 5.75 Å². The van der Waals surface area contributed by atoms with Crippen LogP contribution in [-0.2, 0) is 11.8 Å². The van der Waals surface area contributed by atoms with Crippen molar-refractivity contribution in [3.05, 3.63) is 51.6 Å². The van der Waals surface area contributed by atoms with E-state index in [1.807, 2.05) is 0 Å². The highest BCUT2D eigenvalue weighted by molar-refractivity contribution is 5.83. The number of hydrazone groups is 1. The van der Waals surface area contributed by atoms with Gasteiger partial charge in [-0.2, -0.15) is 14.6 Å². The van der Waals surface area contributed by atoms with Crippen molar-refractivity contribution in [1.29, 1.82) is 0 Å². The van der Waals surface area contributed by atoms with Gasteiger partial charge < -0.3 is 4.74 Å². The summed E-state index contributed by atoms with van der Waals surface area (Å²) in [6.07, 6.45) is 1.15. The fraction of sp³-hybridized carbons (Fsp3) is 0.214. The van der Waals surface area contributed by atoms with Crippen LogP contribution in [0, 0.1) is 23.0 Å². The van der Waals surface area contributed by atoms with Crippen molar-refractivity contribution in [2.75, 3.05) is 6.61 Å². The first-order valence-electron chi connectivity index (χ1n) is 6.76. The Hall–Kier alpha value is -3.30. The maximum Gasteiger partial charge on any atom is 0.277 e. The number of amides is 1. The standard InChI is InChI=1S/C14H14FN5O4/c1-9-12(14(15)19(2)18-9)7-16-17-13(21)8-24-11-5-3-10(4-6-11)20(22)23/h3-7H,8H2,1-2H3,(H,17,21). The second kappa shape index (κ2) is 7.31. The first-order chi connectivity index (χ1) is 11.4. The van der Waals surface area contributed by atoms with Crippen molar-refractivity contribution in [3.8, 4) is 5.75 Å². The lowest BCUT2D eigenvalue weighted by atomic mass is 10.3. The van der Waals surface area contributed by atoms with E-state index in [0.717, 1.165) is 10.9 Å². The van der Waals surface area contributed by atoms with Crippen LogP contribution in [0.1, 0.15) is 11.3 Å². The second-order valence-corrected chi connectivity index (χ2v) is 4.75. The Morgan fingerprint density at radius 1 is 1.50 bits per heavy atom. The minimum atomic E-state index is -0.563. The molecule has 1 aromatic carbocycles. The zero-order valence-electron chi connectivity index (χ0n) is 12.9. The summed E-state index contributed by atoms with van der Waals surface area (Å²) in [4.78, 5) is 21.6. The normalized spacial score (nSPS) is 10.8. The van der Waals surface area contributed by atoms with Gasteiger partial charge in [0, 0.05) is 19.2 Å². The number of nitrogens with zero attached hydrogens (tertiary/aromatic N) is 4. The topological polar surface area (TPSA) is 112 Å². The third-order valence-corrected chi connectivity index (χ3v) is 3.00. The molecule has 0 aliphatic rings. The number of ether oxygens (including phenoxy) is 1. The van der Waals surface area contributed by atoms with E-state index in [2.05, 4.69) is 15.6 Å². The van der Waals surface area contributed by atoms with Gasteiger partial charge in [0.2, 0.25) is 5.95 Å². The number of nitro groups is 1. The van der Waals surface area contributed by atoms with Crippen LogP contribution in [0.25, 0.3) is 0 Å². The highest BCUT2D eigenvalue weighted by Crippen LogP contribution is 2.17. The van der Waals surface area contributed by atoms with Crippen molar-refractivity contribution >= 4 is 17.8 Å². The number of carbonyl (C=O) groups is 1. The second-order valence-electron chi connectivity index (χ2n) is 4.75. The molecular weight excluding hydrogens is 321 g/mol. The van der Waals surface area contributed by atoms with Gasteiger partial charge in [-0.15, -0.1) is 0 Å². The highest BCUT2D eigenvalue weighted by atomic mass is 19.1. The summed E-state index contributed by atoms with van der Waals surface area (Å²) >= 11 is 0. The largest absolute Gasteiger partial charge is 0.484 e. The van der Waals surface area contributed by atoms with Crippen molar-refractivity contribution in [1.82, 2.24) is 15.2 Å². The molecule has 0 bridgehead atoms. The maximum atomic E-state index is 13.6. The van der Waals surface area contributed by atoms with E-state index in [1.165, 1.54) is 31.3 Å². The number of aromatic nitrogens is 2. The van der Waals surface area contributed by atoms with Gasteiger partial charge in [0.05, 0.1) is 22.4 Å². The molecule has 9 nitrogen and oxygen atoms in total. The number of nitrogens with one attached hydrogen (secondary N) is 1. The average Bonchev–Trinajstić information content (AvgIpc) is 2.79. The monoisotopic (exact) mass is 335 g/mol. The summed E-state index contributed by atoms with van der Waals surface area (Å²) < 4.78 is 19.9. The molecule has 0 aliphatic heterocycles. The Labute approximate surface area is 135 Å². The van der Waals surface area contributed by atoms with Crippen LogP contribution in [0.5, 0.6) is 5.75 Å². The minimum absolute atomic E-state index is 0.0785. The lowest BCUT2D eigenvalue weighted by Gasteiger charge is -2.04. The van der Waals surface area contributed by atoms with Gasteiger partial charge in [-0.25, -0.2) is 10.1 Å². The molecule has 0 fully saturated rings. The van der Waals surface area contributed by atoms with Crippen LogP contribution in [0.4, 0.5) is 10.1 Å². The van der Waals surface area contributed by atoms with Gasteiger partial charge in [-0.05, 0) is 19.1 Å². The first kappa shape index (κ1) is 17.1. The third-order valence-electron chi connectivity index (χ3n) is 3.00. The molecule has 1 aromatic heterocycles. The van der Waals surface area contributed by atoms with E-state index in [9.17, 15) is 19.3 Å². The Morgan fingerprint density at radius 3 is 2.71 bits per heavy atom. The number of hydrogen-bond donors (Lipinski definition) is 1. The van der Waals surface area contributed by atoms with Crippen LogP contribution in [0.3, 0.4) is 0 Å². The molecule has 126 valence electrons. The van der Waals surface area contributed by atoms with Gasteiger partial charge in [0.25, 0.3) is 11.6 Å². The average molecular weight is 335 g/mol. The SMILES string of the molecule is Cc1nn(C)c(F)c1C=NNC(=O)COc1ccc([N+](=O)[O-])cc1. The summed E-state index contributed by atoms with van der Waals surface area (Å²) in [5.41, 5.74) is 2.72. The summed E-state index contributed by atoms with van der Waals surface area (Å²) in [6.45, 7) is 1.27. The maximum absolute atomic E-state index is 13.6. The zero-order chi connectivity index (χ0) is 17.7. The van der Waals surface area contributed by atoms with E-state index >= 15 is 0 Å². The number of aryl methyl sites for hydroxylation is 2. The fourth-order valence-electron chi connectivity index (χ4n) is 1.81. The van der Waals surface area contributed by atoms with Crippen LogP contribution < -0.4 is 10.2 Å². The number of carbonyl (C=O) groups excluding carboxylic acids is 1. The number of benzene rings is 1. The lowest BCUT2D eigenvalue weighted by molar-refractivity contribution is -0.384. The smallest absolute Gasteiger partial charge is 0.277 e. The molecular formula is C14H14FN5O4. The molecule has 0 spiro atoms. The molecule has 1 N–H and O–H groups in total. The van der Waals surface area contributed by atoms with E-state index < -0.39 is 16.8 Å². The quantitative estimate of drug-likeness (QED) is 0.486. The van der Waals surface area contributed by atoms with Crippen LogP contribution in [0.2, 0.25) is 0 Å². The van der Waals surface area contributed by atoms with E-state index in [4.69, 9.17) is 4.74 Å². The minimum Gasteiger partial charge on any atom is -0.484 e. The van der Waals surface area contributed by atoms with Crippen LogP contribution in [-0.4, -0.2) is 33.4 Å². The van der Waals surface area contributed by atoms with Gasteiger partial charge in [-0.1, -0.05) is 0 Å². The van der Waals surface area contributed by atoms with Crippen molar-refractivity contribution in [2.45, 2.75) is 6.92 Å². The number of nitro benzene ring substituents is 1. The number of halogens is 1. The predicted octanol–water partition coefficient (Wildman–Crippen LogP) is 1.30. The van der Waals surface area contributed by atoms with Crippen molar-refractivity contribution in [2.24, 2.45) is 12.1 Å². The molecule has 24 heavy (non-hydrogen) atoms. The summed E-state index contributed by atoms with van der Waals surface area (Å²) in [6, 6.07) is 5.28. The number of rotatable bonds is 6. The summed E-state index contributed by atoms with van der Waals surface area (Å²) in [7, 11) is 1.45. The predicted molar refractivity (Wildman–Crippen MR) is 82.2 cm³/mol.